The SMILES string of the molecule is C#Cc1c(/C=C\C)sc2ccc(N(c3ccccc3)c3cc4c5ccccc5c(N(c5ccccc5)c5ccc6sc7ccccc7c6c5)cc4c4ccccc34)cc12. The van der Waals surface area contributed by atoms with Gasteiger partial charge in [-0.05, 0) is 113 Å². The highest BCUT2D eigenvalue weighted by molar-refractivity contribution is 7.25. The summed E-state index contributed by atoms with van der Waals surface area (Å²) in [6.07, 6.45) is 10.4. The van der Waals surface area contributed by atoms with Gasteiger partial charge in [0.15, 0.2) is 0 Å². The summed E-state index contributed by atoms with van der Waals surface area (Å²) < 4.78 is 3.78. The minimum Gasteiger partial charge on any atom is -0.310 e. The highest BCUT2D eigenvalue weighted by Crippen LogP contribution is 2.49. The second-order valence-electron chi connectivity index (χ2n) is 14.8. The van der Waals surface area contributed by atoms with Crippen LogP contribution in [0.1, 0.15) is 17.4 Å². The van der Waals surface area contributed by atoms with E-state index in [-0.39, 0.29) is 0 Å². The van der Waals surface area contributed by atoms with Crippen molar-refractivity contribution in [1.29, 1.82) is 0 Å². The Bertz CT molecular complexity index is 3480. The van der Waals surface area contributed by atoms with Gasteiger partial charge in [0.2, 0.25) is 0 Å². The maximum Gasteiger partial charge on any atom is 0.0546 e. The number of hydrogen-bond donors (Lipinski definition) is 0. The molecule has 11 rings (SSSR count). The molecule has 0 aliphatic carbocycles. The van der Waals surface area contributed by atoms with E-state index < -0.39 is 0 Å². The van der Waals surface area contributed by atoms with Gasteiger partial charge in [-0.1, -0.05) is 115 Å². The second kappa shape index (κ2) is 14.3. The number of thiophene rings is 2. The molecule has 0 unspecified atom stereocenters. The van der Waals surface area contributed by atoms with Crippen molar-refractivity contribution < 1.29 is 0 Å². The maximum atomic E-state index is 6.18. The first-order chi connectivity index (χ1) is 29.2. The van der Waals surface area contributed by atoms with Crippen molar-refractivity contribution in [3.63, 3.8) is 0 Å². The minimum absolute atomic E-state index is 0.939. The van der Waals surface area contributed by atoms with Gasteiger partial charge in [0.25, 0.3) is 0 Å². The molecule has 0 saturated carbocycles. The molecule has 278 valence electrons. The van der Waals surface area contributed by atoms with Crippen LogP contribution in [0.4, 0.5) is 34.1 Å². The highest BCUT2D eigenvalue weighted by atomic mass is 32.1. The molecule has 4 heteroatoms. The number of terminal acetylenes is 1. The summed E-state index contributed by atoms with van der Waals surface area (Å²) in [6, 6.07) is 66.4. The highest BCUT2D eigenvalue weighted by Gasteiger charge is 2.23. The van der Waals surface area contributed by atoms with E-state index in [1.54, 1.807) is 11.3 Å². The number of para-hydroxylation sites is 2. The smallest absolute Gasteiger partial charge is 0.0546 e. The fourth-order valence-electron chi connectivity index (χ4n) is 8.81. The van der Waals surface area contributed by atoms with Crippen LogP contribution in [-0.4, -0.2) is 0 Å². The van der Waals surface area contributed by atoms with E-state index in [2.05, 4.69) is 210 Å². The van der Waals surface area contributed by atoms with Crippen LogP contribution in [0.3, 0.4) is 0 Å². The number of allylic oxidation sites excluding steroid dienone is 1. The summed E-state index contributed by atoms with van der Waals surface area (Å²) in [6.45, 7) is 2.04. The zero-order valence-electron chi connectivity index (χ0n) is 32.3. The number of benzene rings is 9. The fourth-order valence-corrected chi connectivity index (χ4v) is 11.0. The van der Waals surface area contributed by atoms with Crippen molar-refractivity contribution in [3.8, 4) is 12.3 Å². The average Bonchev–Trinajstić information content (AvgIpc) is 3.84. The van der Waals surface area contributed by atoms with E-state index in [4.69, 9.17) is 6.42 Å². The van der Waals surface area contributed by atoms with Crippen LogP contribution in [0.15, 0.2) is 188 Å². The molecule has 2 aromatic heterocycles. The predicted octanol–water partition coefficient (Wildman–Crippen LogP) is 16.7. The van der Waals surface area contributed by atoms with Gasteiger partial charge in [-0.2, -0.15) is 0 Å². The molecule has 0 aliphatic heterocycles. The van der Waals surface area contributed by atoms with E-state index in [1.807, 2.05) is 18.3 Å². The molecule has 0 radical (unpaired) electrons. The number of rotatable bonds is 7. The van der Waals surface area contributed by atoms with Crippen molar-refractivity contribution in [2.24, 2.45) is 0 Å². The predicted molar refractivity (Wildman–Crippen MR) is 259 cm³/mol. The third-order valence-electron chi connectivity index (χ3n) is 11.4. The fraction of sp³-hybridized carbons (Fsp3) is 0.0182. The minimum atomic E-state index is 0.939. The lowest BCUT2D eigenvalue weighted by Crippen LogP contribution is -2.11. The first-order valence-electron chi connectivity index (χ1n) is 19.8. The lowest BCUT2D eigenvalue weighted by Gasteiger charge is -2.30. The Kier molecular flexibility index (Phi) is 8.52. The van der Waals surface area contributed by atoms with Crippen LogP contribution < -0.4 is 9.80 Å². The molecule has 0 bridgehead atoms. The van der Waals surface area contributed by atoms with Crippen LogP contribution in [0, 0.1) is 12.3 Å². The molecule has 0 spiro atoms. The van der Waals surface area contributed by atoms with Gasteiger partial charge in [0.05, 0.1) is 16.9 Å². The molecule has 0 saturated heterocycles. The van der Waals surface area contributed by atoms with Gasteiger partial charge in [0, 0.05) is 68.7 Å². The Labute approximate surface area is 351 Å². The number of nitrogens with zero attached hydrogens (tertiary/aromatic N) is 2. The summed E-state index contributed by atoms with van der Waals surface area (Å²) >= 11 is 3.59. The van der Waals surface area contributed by atoms with E-state index in [1.165, 1.54) is 57.2 Å². The summed E-state index contributed by atoms with van der Waals surface area (Å²) in [5, 5.41) is 10.8. The lowest BCUT2D eigenvalue weighted by atomic mass is 9.93. The third-order valence-corrected chi connectivity index (χ3v) is 13.7. The normalized spacial score (nSPS) is 11.7. The van der Waals surface area contributed by atoms with Crippen LogP contribution in [0.5, 0.6) is 0 Å². The monoisotopic (exact) mass is 788 g/mol. The van der Waals surface area contributed by atoms with E-state index in [0.717, 1.165) is 50.0 Å². The summed E-state index contributed by atoms with van der Waals surface area (Å²) in [5.41, 5.74) is 7.56. The van der Waals surface area contributed by atoms with E-state index in [0.29, 0.717) is 0 Å². The Hall–Kier alpha value is -7.16. The van der Waals surface area contributed by atoms with Gasteiger partial charge in [0.1, 0.15) is 0 Å². The first kappa shape index (κ1) is 35.0. The van der Waals surface area contributed by atoms with Crippen molar-refractivity contribution in [3.05, 3.63) is 199 Å². The quantitative estimate of drug-likeness (QED) is 0.117. The van der Waals surface area contributed by atoms with Gasteiger partial charge in [-0.15, -0.1) is 29.1 Å². The molecule has 0 amide bonds. The lowest BCUT2D eigenvalue weighted by molar-refractivity contribution is 1.30. The number of hydrogen-bond acceptors (Lipinski definition) is 4. The largest absolute Gasteiger partial charge is 0.310 e. The molecule has 0 atom stereocenters. The molecular weight excluding hydrogens is 753 g/mol. The second-order valence-corrected chi connectivity index (χ2v) is 16.9. The summed E-state index contributed by atoms with van der Waals surface area (Å²) in [7, 11) is 0. The Morgan fingerprint density at radius 2 is 0.864 bits per heavy atom. The van der Waals surface area contributed by atoms with Crippen LogP contribution in [-0.2, 0) is 0 Å². The Balaban J connectivity index is 1.19. The first-order valence-corrected chi connectivity index (χ1v) is 21.5. The molecule has 2 nitrogen and oxygen atoms in total. The van der Waals surface area contributed by atoms with E-state index >= 15 is 0 Å². The van der Waals surface area contributed by atoms with Crippen LogP contribution in [0.2, 0.25) is 0 Å². The van der Waals surface area contributed by atoms with Gasteiger partial charge >= 0.3 is 0 Å². The molecule has 0 N–H and O–H groups in total. The maximum absolute atomic E-state index is 6.18. The topological polar surface area (TPSA) is 6.48 Å². The Morgan fingerprint density at radius 1 is 0.407 bits per heavy atom. The number of anilines is 6. The summed E-state index contributed by atoms with van der Waals surface area (Å²) in [5.74, 6) is 3.01. The molecule has 0 aliphatic rings. The van der Waals surface area contributed by atoms with Gasteiger partial charge in [-0.3, -0.25) is 0 Å². The van der Waals surface area contributed by atoms with Gasteiger partial charge < -0.3 is 9.80 Å². The van der Waals surface area contributed by atoms with Gasteiger partial charge in [-0.25, -0.2) is 0 Å². The van der Waals surface area contributed by atoms with Crippen molar-refractivity contribution in [2.75, 3.05) is 9.80 Å². The molecular formula is C55H36N2S2. The van der Waals surface area contributed by atoms with Crippen molar-refractivity contribution in [1.82, 2.24) is 0 Å². The molecule has 59 heavy (non-hydrogen) atoms. The van der Waals surface area contributed by atoms with Crippen molar-refractivity contribution >= 4 is 125 Å². The Morgan fingerprint density at radius 3 is 1.41 bits per heavy atom. The standard InChI is InChI=1S/C55H36N2S2/c1-3-17-52-40(4-2)48-32-38(28-30-54(48)58-52)56(36-18-7-5-8-19-36)50-34-46-42-23-12-14-25-44(42)51(35-47(46)41-22-11-13-24-43(41)50)57(37-20-9-6-10-21-37)39-29-31-55-49(33-39)45-26-15-16-27-53(45)59-55/h2-3,5-35H,1H3/b17-3-. The summed E-state index contributed by atoms with van der Waals surface area (Å²) in [4.78, 5) is 5.95. The molecule has 11 aromatic rings. The molecule has 2 heterocycles. The van der Waals surface area contributed by atoms with E-state index in [9.17, 15) is 0 Å². The third kappa shape index (κ3) is 5.78. The molecule has 9 aromatic carbocycles. The zero-order chi connectivity index (χ0) is 39.5. The number of fused-ring (bicyclic) bond motifs is 9. The van der Waals surface area contributed by atoms with Crippen molar-refractivity contribution in [2.45, 2.75) is 6.92 Å². The average molecular weight is 789 g/mol. The van der Waals surface area contributed by atoms with Crippen LogP contribution >= 0.6 is 22.7 Å². The molecule has 0 fully saturated rings. The zero-order valence-corrected chi connectivity index (χ0v) is 33.9. The van der Waals surface area contributed by atoms with Crippen LogP contribution in [0.25, 0.3) is 68.7 Å².